The lowest BCUT2D eigenvalue weighted by atomic mass is 10.1. The van der Waals surface area contributed by atoms with Gasteiger partial charge in [-0.3, -0.25) is 9.48 Å². The van der Waals surface area contributed by atoms with Crippen LogP contribution in [0.3, 0.4) is 0 Å². The molecule has 3 atom stereocenters. The average Bonchev–Trinajstić information content (AvgIpc) is 3.31. The fourth-order valence-corrected chi connectivity index (χ4v) is 5.78. The van der Waals surface area contributed by atoms with E-state index in [2.05, 4.69) is 5.10 Å². The van der Waals surface area contributed by atoms with Crippen molar-refractivity contribution in [1.82, 2.24) is 14.1 Å². The summed E-state index contributed by atoms with van der Waals surface area (Å²) in [6.07, 6.45) is -2.24. The highest BCUT2D eigenvalue weighted by atomic mass is 32.2. The molecule has 1 aromatic heterocycles. The molecule has 34 heavy (non-hydrogen) atoms. The highest BCUT2D eigenvalue weighted by Gasteiger charge is 2.50. The van der Waals surface area contributed by atoms with Gasteiger partial charge in [0.2, 0.25) is 10.0 Å². The third-order valence-electron chi connectivity index (χ3n) is 5.79. The van der Waals surface area contributed by atoms with E-state index in [1.165, 1.54) is 28.9 Å². The molecule has 1 saturated heterocycles. The molecule has 0 unspecified atom stereocenters. The van der Waals surface area contributed by atoms with Crippen molar-refractivity contribution in [3.8, 4) is 11.8 Å². The normalized spacial score (nSPS) is 20.9. The number of halogens is 1. The first-order valence-electron chi connectivity index (χ1n) is 10.6. The quantitative estimate of drug-likeness (QED) is 0.544. The zero-order chi connectivity index (χ0) is 24.6. The summed E-state index contributed by atoms with van der Waals surface area (Å²) in [5, 5.41) is 23.8. The maximum Gasteiger partial charge on any atom is 0.309 e. The number of aliphatic carboxylic acids is 1. The number of hydrogen-bond acceptors (Lipinski definition) is 6. The number of carboxylic acids is 1. The number of carboxylic acid groups (broad SMARTS) is 1. The van der Waals surface area contributed by atoms with E-state index in [1.54, 1.807) is 31.2 Å². The lowest BCUT2D eigenvalue weighted by molar-refractivity contribution is -0.136. The van der Waals surface area contributed by atoms with E-state index >= 15 is 4.39 Å². The second-order valence-corrected chi connectivity index (χ2v) is 9.94. The Morgan fingerprint density at radius 2 is 2.00 bits per heavy atom. The second-order valence-electron chi connectivity index (χ2n) is 8.05. The van der Waals surface area contributed by atoms with Crippen LogP contribution in [0.25, 0.3) is 10.9 Å². The largest absolute Gasteiger partial charge is 0.494 e. The van der Waals surface area contributed by atoms with Crippen molar-refractivity contribution in [1.29, 1.82) is 5.26 Å². The maximum absolute atomic E-state index is 15.6. The van der Waals surface area contributed by atoms with Crippen molar-refractivity contribution in [3.05, 3.63) is 53.7 Å². The third kappa shape index (κ3) is 4.10. The van der Waals surface area contributed by atoms with Gasteiger partial charge in [-0.25, -0.2) is 12.8 Å². The molecule has 0 saturated carbocycles. The average molecular weight is 487 g/mol. The number of nitriles is 1. The molecule has 3 aromatic rings. The summed E-state index contributed by atoms with van der Waals surface area (Å²) in [4.78, 5) is 11.2. The number of ether oxygens (including phenoxy) is 1. The number of hydrogen-bond donors (Lipinski definition) is 1. The van der Waals surface area contributed by atoms with Gasteiger partial charge in [0.05, 0.1) is 35.2 Å². The summed E-state index contributed by atoms with van der Waals surface area (Å²) in [5.74, 6) is -0.602. The van der Waals surface area contributed by atoms with E-state index in [4.69, 9.17) is 4.74 Å². The molecule has 1 aliphatic rings. The Hall–Kier alpha value is -3.49. The summed E-state index contributed by atoms with van der Waals surface area (Å²) >= 11 is 0. The van der Waals surface area contributed by atoms with Crippen molar-refractivity contribution < 1.29 is 27.4 Å². The number of benzene rings is 2. The number of carbonyl (C=O) groups is 1. The number of sulfonamides is 1. The molecule has 0 spiro atoms. The second kappa shape index (κ2) is 9.04. The number of aryl methyl sites for hydroxylation is 1. The van der Waals surface area contributed by atoms with Gasteiger partial charge >= 0.3 is 5.97 Å². The summed E-state index contributed by atoms with van der Waals surface area (Å²) in [6, 6.07) is 10.1. The van der Waals surface area contributed by atoms with Crippen LogP contribution in [-0.2, 0) is 21.2 Å². The van der Waals surface area contributed by atoms with Crippen molar-refractivity contribution in [2.24, 2.45) is 0 Å². The van der Waals surface area contributed by atoms with Gasteiger partial charge < -0.3 is 9.84 Å². The molecule has 11 heteroatoms. The molecule has 2 aromatic carbocycles. The molecule has 1 fully saturated rings. The van der Waals surface area contributed by atoms with Crippen LogP contribution >= 0.6 is 0 Å². The monoisotopic (exact) mass is 486 g/mol. The van der Waals surface area contributed by atoms with Gasteiger partial charge in [0.1, 0.15) is 17.8 Å². The fourth-order valence-electron chi connectivity index (χ4n) is 4.21. The Balaban J connectivity index is 1.75. The van der Waals surface area contributed by atoms with E-state index in [0.717, 1.165) is 9.87 Å². The SMILES string of the molecule is CCOc1ccc(S(=O)(=O)N2C[C@H](n3nc(CC(=O)O)c4ccc(C)cc43)[C@@H](F)[C@H]2C#N)cc1. The number of alkyl halides is 1. The molecule has 178 valence electrons. The van der Waals surface area contributed by atoms with Gasteiger partial charge in [0.25, 0.3) is 0 Å². The van der Waals surface area contributed by atoms with E-state index < -0.39 is 34.2 Å². The first-order valence-corrected chi connectivity index (χ1v) is 12.1. The van der Waals surface area contributed by atoms with Gasteiger partial charge in [0.15, 0.2) is 6.17 Å². The minimum atomic E-state index is -4.20. The third-order valence-corrected chi connectivity index (χ3v) is 7.65. The molecule has 1 N–H and O–H groups in total. The van der Waals surface area contributed by atoms with E-state index in [1.807, 2.05) is 6.92 Å². The van der Waals surface area contributed by atoms with E-state index in [9.17, 15) is 23.6 Å². The predicted octanol–water partition coefficient (Wildman–Crippen LogP) is 2.85. The molecule has 0 amide bonds. The van der Waals surface area contributed by atoms with Crippen LogP contribution in [0, 0.1) is 18.3 Å². The lowest BCUT2D eigenvalue weighted by Gasteiger charge is -2.19. The number of fused-ring (bicyclic) bond motifs is 1. The number of nitrogens with zero attached hydrogens (tertiary/aromatic N) is 4. The zero-order valence-corrected chi connectivity index (χ0v) is 19.4. The molecule has 1 aliphatic heterocycles. The van der Waals surface area contributed by atoms with E-state index in [0.29, 0.717) is 23.3 Å². The number of rotatable bonds is 7. The minimum absolute atomic E-state index is 0.0863. The van der Waals surface area contributed by atoms with Crippen molar-refractivity contribution in [2.45, 2.75) is 43.4 Å². The highest BCUT2D eigenvalue weighted by Crippen LogP contribution is 2.37. The van der Waals surface area contributed by atoms with Crippen LogP contribution in [-0.4, -0.2) is 58.9 Å². The van der Waals surface area contributed by atoms with Crippen LogP contribution < -0.4 is 4.74 Å². The Bertz CT molecular complexity index is 1380. The first kappa shape index (κ1) is 23.7. The molecule has 0 aliphatic carbocycles. The molecular formula is C23H23FN4O5S. The molecule has 4 rings (SSSR count). The summed E-state index contributed by atoms with van der Waals surface area (Å²) in [7, 11) is -4.20. The maximum atomic E-state index is 15.6. The molecule has 0 bridgehead atoms. The molecule has 2 heterocycles. The van der Waals surface area contributed by atoms with Gasteiger partial charge in [-0.2, -0.15) is 14.7 Å². The van der Waals surface area contributed by atoms with Gasteiger partial charge in [-0.15, -0.1) is 0 Å². The van der Waals surface area contributed by atoms with Gasteiger partial charge in [-0.05, 0) is 49.7 Å². The lowest BCUT2D eigenvalue weighted by Crippen LogP contribution is -2.37. The Labute approximate surface area is 196 Å². The molecule has 0 radical (unpaired) electrons. The molecule has 9 nitrogen and oxygen atoms in total. The van der Waals surface area contributed by atoms with Crippen LogP contribution in [0.15, 0.2) is 47.4 Å². The first-order chi connectivity index (χ1) is 16.2. The van der Waals surface area contributed by atoms with Crippen LogP contribution in [0.5, 0.6) is 5.75 Å². The fraction of sp³-hybridized carbons (Fsp3) is 0.348. The van der Waals surface area contributed by atoms with Crippen LogP contribution in [0.4, 0.5) is 4.39 Å². The molecular weight excluding hydrogens is 463 g/mol. The standard InChI is InChI=1S/C23H23FN4O5S/c1-3-33-15-5-7-16(8-6-15)34(31,32)27-13-21(23(24)20(27)12-25)28-19-10-14(2)4-9-17(19)18(26-28)11-22(29)30/h4-10,20-21,23H,3,11,13H2,1-2H3,(H,29,30)/t20-,21+,23+/m1/s1. The van der Waals surface area contributed by atoms with Crippen LogP contribution in [0.2, 0.25) is 0 Å². The Morgan fingerprint density at radius 1 is 1.29 bits per heavy atom. The highest BCUT2D eigenvalue weighted by molar-refractivity contribution is 7.89. The van der Waals surface area contributed by atoms with Crippen molar-refractivity contribution in [3.63, 3.8) is 0 Å². The summed E-state index contributed by atoms with van der Waals surface area (Å²) in [6.45, 7) is 3.72. The summed E-state index contributed by atoms with van der Waals surface area (Å²) < 4.78 is 49.7. The smallest absolute Gasteiger partial charge is 0.309 e. The van der Waals surface area contributed by atoms with Crippen molar-refractivity contribution >= 4 is 26.9 Å². The zero-order valence-electron chi connectivity index (χ0n) is 18.6. The topological polar surface area (TPSA) is 126 Å². The minimum Gasteiger partial charge on any atom is -0.494 e. The van der Waals surface area contributed by atoms with Gasteiger partial charge in [0, 0.05) is 11.9 Å². The van der Waals surface area contributed by atoms with Crippen molar-refractivity contribution in [2.75, 3.05) is 13.2 Å². The predicted molar refractivity (Wildman–Crippen MR) is 121 cm³/mol. The Morgan fingerprint density at radius 3 is 2.62 bits per heavy atom. The van der Waals surface area contributed by atoms with E-state index in [-0.39, 0.29) is 23.6 Å². The number of aromatic nitrogens is 2. The summed E-state index contributed by atoms with van der Waals surface area (Å²) in [5.41, 5.74) is 1.58. The van der Waals surface area contributed by atoms with Gasteiger partial charge in [-0.1, -0.05) is 12.1 Å². The Kier molecular flexibility index (Phi) is 6.29. The van der Waals surface area contributed by atoms with Crippen LogP contribution in [0.1, 0.15) is 24.2 Å².